The largest absolute Gasteiger partial charge is 0.466 e. The van der Waals surface area contributed by atoms with Crippen molar-refractivity contribution in [2.75, 3.05) is 14.2 Å². The first-order valence-corrected chi connectivity index (χ1v) is 20.3. The molecular formula is C43H64O17. The number of carbonyl (C=O) groups excluding carboxylic acids is 5. The van der Waals surface area contributed by atoms with E-state index in [1.165, 1.54) is 20.1 Å². The van der Waals surface area contributed by atoms with Crippen LogP contribution in [0.4, 0.5) is 0 Å². The molecule has 17 nitrogen and oxygen atoms in total. The van der Waals surface area contributed by atoms with Gasteiger partial charge in [-0.25, -0.2) is 9.59 Å². The molecule has 4 N–H and O–H groups in total. The number of aliphatic hydroxyl groups is 4. The molecule has 3 fully saturated rings. The van der Waals surface area contributed by atoms with Crippen LogP contribution < -0.4 is 0 Å². The van der Waals surface area contributed by atoms with Gasteiger partial charge in [0, 0.05) is 43.3 Å². The average molecular weight is 853 g/mol. The summed E-state index contributed by atoms with van der Waals surface area (Å²) in [5, 5.41) is 47.2. The molecule has 4 rings (SSSR count). The highest BCUT2D eigenvalue weighted by Crippen LogP contribution is 2.50. The van der Waals surface area contributed by atoms with E-state index in [2.05, 4.69) is 0 Å². The van der Waals surface area contributed by atoms with Gasteiger partial charge in [-0.2, -0.15) is 0 Å². The van der Waals surface area contributed by atoms with Gasteiger partial charge in [-0.05, 0) is 52.5 Å². The van der Waals surface area contributed by atoms with E-state index >= 15 is 0 Å². The van der Waals surface area contributed by atoms with Crippen molar-refractivity contribution in [3.05, 3.63) is 35.5 Å². The maximum absolute atomic E-state index is 13.4. The van der Waals surface area contributed by atoms with Gasteiger partial charge in [-0.15, -0.1) is 0 Å². The van der Waals surface area contributed by atoms with E-state index in [1.54, 1.807) is 60.6 Å². The Bertz CT molecular complexity index is 1670. The van der Waals surface area contributed by atoms with Gasteiger partial charge in [0.25, 0.3) is 6.47 Å². The maximum Gasteiger partial charge on any atom is 0.330 e. The van der Waals surface area contributed by atoms with Gasteiger partial charge in [-0.1, -0.05) is 45.4 Å². The summed E-state index contributed by atoms with van der Waals surface area (Å²) in [7, 11) is 2.40. The zero-order valence-corrected chi connectivity index (χ0v) is 36.3. The molecule has 4 heterocycles. The van der Waals surface area contributed by atoms with Gasteiger partial charge in [0.15, 0.2) is 11.9 Å². The molecule has 338 valence electrons. The first-order valence-electron chi connectivity index (χ1n) is 20.3. The summed E-state index contributed by atoms with van der Waals surface area (Å²) in [5.41, 5.74) is -2.90. The molecule has 0 spiro atoms. The fourth-order valence-corrected chi connectivity index (χ4v) is 8.13. The molecule has 0 aromatic rings. The lowest BCUT2D eigenvalue weighted by Crippen LogP contribution is -2.62. The van der Waals surface area contributed by atoms with E-state index < -0.39 is 113 Å². The Morgan fingerprint density at radius 3 is 2.15 bits per heavy atom. The maximum atomic E-state index is 13.4. The van der Waals surface area contributed by atoms with Gasteiger partial charge >= 0.3 is 23.9 Å². The monoisotopic (exact) mass is 852 g/mol. The topological polar surface area (TPSA) is 240 Å². The molecule has 4 aliphatic heterocycles. The molecule has 0 aliphatic carbocycles. The lowest BCUT2D eigenvalue weighted by Gasteiger charge is -2.54. The third-order valence-electron chi connectivity index (χ3n) is 12.0. The van der Waals surface area contributed by atoms with Crippen LogP contribution in [0.15, 0.2) is 35.5 Å². The zero-order chi connectivity index (χ0) is 45.0. The Morgan fingerprint density at radius 2 is 1.55 bits per heavy atom. The van der Waals surface area contributed by atoms with Crippen LogP contribution in [0.2, 0.25) is 0 Å². The SMILES string of the molecule is COC(=O)/C=C1\CC2/C=C/C(C)(C)C3(O)OC(C/C(=C\C(=O)OC)C3OC=O)CC(C(C)O)OC(=O)CC(O)CC3CC(OC(=O)C(C)(C)C)C(C)(C)C(O)(CC(C1)O2)O3. The minimum absolute atomic E-state index is 0.0666. The number of rotatable bonds is 6. The Kier molecular flexibility index (Phi) is 15.6. The highest BCUT2D eigenvalue weighted by atomic mass is 16.7. The van der Waals surface area contributed by atoms with Crippen LogP contribution in [0.5, 0.6) is 0 Å². The summed E-state index contributed by atoms with van der Waals surface area (Å²) in [6, 6.07) is 0. The molecule has 0 radical (unpaired) electrons. The van der Waals surface area contributed by atoms with Crippen molar-refractivity contribution in [1.29, 1.82) is 0 Å². The number of fused-ring (bicyclic) bond motifs is 6. The van der Waals surface area contributed by atoms with Crippen LogP contribution in [-0.4, -0.2) is 132 Å². The van der Waals surface area contributed by atoms with E-state index in [1.807, 2.05) is 0 Å². The van der Waals surface area contributed by atoms with Crippen LogP contribution >= 0.6 is 0 Å². The summed E-state index contributed by atoms with van der Waals surface area (Å²) >= 11 is 0. The quantitative estimate of drug-likeness (QED) is 0.0987. The lowest BCUT2D eigenvalue weighted by molar-refractivity contribution is -0.349. The van der Waals surface area contributed by atoms with Gasteiger partial charge < -0.3 is 58.3 Å². The Morgan fingerprint density at radius 1 is 0.900 bits per heavy atom. The molecule has 0 aromatic carbocycles. The normalized spacial score (nSPS) is 37.4. The predicted molar refractivity (Wildman–Crippen MR) is 210 cm³/mol. The van der Waals surface area contributed by atoms with Crippen LogP contribution in [-0.2, 0) is 61.9 Å². The Labute approximate surface area is 351 Å². The Hall–Kier alpha value is -3.71. The molecule has 0 aromatic heterocycles. The van der Waals surface area contributed by atoms with Gasteiger partial charge in [-0.3, -0.25) is 14.4 Å². The minimum atomic E-state index is -2.40. The second-order valence-electron chi connectivity index (χ2n) is 18.5. The van der Waals surface area contributed by atoms with Crippen molar-refractivity contribution in [3.8, 4) is 0 Å². The zero-order valence-electron chi connectivity index (χ0n) is 36.3. The number of methoxy groups -OCH3 is 2. The molecule has 0 amide bonds. The molecule has 17 heteroatoms. The molecule has 4 aliphatic rings. The summed E-state index contributed by atoms with van der Waals surface area (Å²) in [6.45, 7) is 13.2. The van der Waals surface area contributed by atoms with E-state index in [9.17, 15) is 44.4 Å². The Balaban J connectivity index is 1.87. The molecular weight excluding hydrogens is 788 g/mol. The van der Waals surface area contributed by atoms with Crippen molar-refractivity contribution in [1.82, 2.24) is 0 Å². The fraction of sp³-hybridized carbons (Fsp3) is 0.744. The van der Waals surface area contributed by atoms with Gasteiger partial charge in [0.2, 0.25) is 5.79 Å². The summed E-state index contributed by atoms with van der Waals surface area (Å²) in [6.07, 6.45) is -5.18. The van der Waals surface area contributed by atoms with Crippen LogP contribution in [0.1, 0.15) is 107 Å². The van der Waals surface area contributed by atoms with Crippen LogP contribution in [0, 0.1) is 16.2 Å². The summed E-state index contributed by atoms with van der Waals surface area (Å²) in [4.78, 5) is 63.7. The number of hydrogen-bond acceptors (Lipinski definition) is 17. The number of hydrogen-bond donors (Lipinski definition) is 4. The molecule has 11 atom stereocenters. The fourth-order valence-electron chi connectivity index (χ4n) is 8.13. The second kappa shape index (κ2) is 19.1. The molecule has 11 unspecified atom stereocenters. The van der Waals surface area contributed by atoms with Crippen LogP contribution in [0.3, 0.4) is 0 Å². The van der Waals surface area contributed by atoms with Crippen molar-refractivity contribution >= 4 is 30.3 Å². The summed E-state index contributed by atoms with van der Waals surface area (Å²) < 4.78 is 46.2. The first kappa shape index (κ1) is 49.0. The van der Waals surface area contributed by atoms with Crippen LogP contribution in [0.25, 0.3) is 0 Å². The van der Waals surface area contributed by atoms with Crippen molar-refractivity contribution in [2.24, 2.45) is 16.2 Å². The van der Waals surface area contributed by atoms with Crippen molar-refractivity contribution < 1.29 is 82.3 Å². The molecule has 6 bridgehead atoms. The highest BCUT2D eigenvalue weighted by molar-refractivity contribution is 5.83. The third kappa shape index (κ3) is 11.4. The summed E-state index contributed by atoms with van der Waals surface area (Å²) in [5.74, 6) is -7.30. The molecule has 0 saturated carbocycles. The van der Waals surface area contributed by atoms with Crippen molar-refractivity contribution in [3.63, 3.8) is 0 Å². The third-order valence-corrected chi connectivity index (χ3v) is 12.0. The second-order valence-corrected chi connectivity index (χ2v) is 18.5. The van der Waals surface area contributed by atoms with E-state index in [0.717, 1.165) is 13.2 Å². The number of ether oxygens (including phenoxy) is 8. The predicted octanol–water partition coefficient (Wildman–Crippen LogP) is 3.02. The highest BCUT2D eigenvalue weighted by Gasteiger charge is 2.59. The molecule has 3 saturated heterocycles. The van der Waals surface area contributed by atoms with Gasteiger partial charge in [0.05, 0.1) is 68.1 Å². The molecule has 60 heavy (non-hydrogen) atoms. The smallest absolute Gasteiger partial charge is 0.330 e. The number of aliphatic hydroxyl groups excluding tert-OH is 2. The van der Waals surface area contributed by atoms with E-state index in [0.29, 0.717) is 5.57 Å². The standard InChI is InChI=1S/C43H64O17/c1-24(45)32-20-29-16-26(17-35(48)54-10)37(55-23-44)43(52,60-29)40(5,6)12-11-28-13-25(15-34(47)53-9)14-31(56-28)22-42(51)41(7,8)33(58-38(50)39(2,3)4)21-30(59-42)18-27(46)19-36(49)57-32/h11-12,15,17,23-24,27-33,37,45-46,51-52H,13-14,16,18-22H2,1-10H3/b12-11+,25-15+,26-17+. The number of esters is 4. The van der Waals surface area contributed by atoms with E-state index in [-0.39, 0.29) is 57.0 Å². The average Bonchev–Trinajstić information content (AvgIpc) is 3.13. The first-order chi connectivity index (χ1) is 27.8. The number of cyclic esters (lactones) is 1. The lowest BCUT2D eigenvalue weighted by atomic mass is 9.70. The number of carbonyl (C=O) groups is 5. The van der Waals surface area contributed by atoms with Crippen molar-refractivity contribution in [2.45, 2.75) is 173 Å². The minimum Gasteiger partial charge on any atom is -0.466 e. The van der Waals surface area contributed by atoms with Gasteiger partial charge in [0.1, 0.15) is 12.2 Å². The van der Waals surface area contributed by atoms with E-state index in [4.69, 9.17) is 37.9 Å².